The Hall–Kier alpha value is -8.52. The van der Waals surface area contributed by atoms with Gasteiger partial charge in [0.1, 0.15) is 22.6 Å². The third-order valence-electron chi connectivity index (χ3n) is 11.8. The zero-order chi connectivity index (χ0) is 40.0. The van der Waals surface area contributed by atoms with Gasteiger partial charge in [0.05, 0.1) is 24.1 Å². The van der Waals surface area contributed by atoms with Crippen LogP contribution >= 0.6 is 0 Å². The molecule has 0 atom stereocenters. The molecule has 8 aromatic carbocycles. The van der Waals surface area contributed by atoms with E-state index in [0.29, 0.717) is 45.4 Å². The van der Waals surface area contributed by atoms with Gasteiger partial charge in [-0.1, -0.05) is 109 Å². The summed E-state index contributed by atoms with van der Waals surface area (Å²) in [6, 6.07) is 57.6. The maximum atomic E-state index is 7.46. The van der Waals surface area contributed by atoms with E-state index in [1.807, 2.05) is 30.3 Å². The van der Waals surface area contributed by atoms with Gasteiger partial charge in [-0.25, -0.2) is 19.7 Å². The van der Waals surface area contributed by atoms with Crippen LogP contribution in [-0.2, 0) is 5.41 Å². The number of aromatic nitrogens is 2. The maximum Gasteiger partial charge on any atom is 0.227 e. The monoisotopic (exact) mass is 768 g/mol. The molecule has 1 aliphatic carbocycles. The summed E-state index contributed by atoms with van der Waals surface area (Å²) < 4.78 is 19.0. The zero-order valence-corrected chi connectivity index (χ0v) is 31.7. The van der Waals surface area contributed by atoms with Crippen molar-refractivity contribution in [2.75, 3.05) is 0 Å². The summed E-state index contributed by atoms with van der Waals surface area (Å²) in [5, 5.41) is 0. The van der Waals surface area contributed by atoms with Crippen LogP contribution in [0.4, 0.5) is 11.4 Å². The first-order valence-electron chi connectivity index (χ1n) is 19.5. The first kappa shape index (κ1) is 33.6. The predicted molar refractivity (Wildman–Crippen MR) is 233 cm³/mol. The number of oxazole rings is 2. The van der Waals surface area contributed by atoms with Crippen molar-refractivity contribution < 1.29 is 13.6 Å². The first-order valence-corrected chi connectivity index (χ1v) is 19.5. The van der Waals surface area contributed by atoms with Crippen molar-refractivity contribution in [2.24, 2.45) is 0 Å². The molecule has 0 saturated carbocycles. The number of rotatable bonds is 4. The highest BCUT2D eigenvalue weighted by Gasteiger charge is 2.50. The third kappa shape index (κ3) is 4.94. The number of para-hydroxylation sites is 2. The van der Waals surface area contributed by atoms with Gasteiger partial charge in [-0.05, 0) is 105 Å². The summed E-state index contributed by atoms with van der Waals surface area (Å²) in [6.45, 7) is 14.9. The fourth-order valence-corrected chi connectivity index (χ4v) is 9.15. The van der Waals surface area contributed by atoms with Crippen LogP contribution in [0.3, 0.4) is 0 Å². The number of fused-ring (bicyclic) bond motifs is 11. The number of hydrogen-bond donors (Lipinski definition) is 0. The fourth-order valence-electron chi connectivity index (χ4n) is 9.15. The molecule has 3 heterocycles. The minimum atomic E-state index is -0.510. The van der Waals surface area contributed by atoms with Crippen LogP contribution < -0.4 is 4.74 Å². The summed E-state index contributed by atoms with van der Waals surface area (Å²) in [4.78, 5) is 16.7. The number of hydrogen-bond acceptors (Lipinski definition) is 5. The van der Waals surface area contributed by atoms with Crippen molar-refractivity contribution >= 4 is 33.6 Å². The molecule has 7 heteroatoms. The van der Waals surface area contributed by atoms with Gasteiger partial charge in [-0.2, -0.15) is 0 Å². The van der Waals surface area contributed by atoms with E-state index in [0.717, 1.165) is 56.0 Å². The second-order valence-corrected chi connectivity index (χ2v) is 15.1. The molecule has 1 spiro atoms. The highest BCUT2D eigenvalue weighted by atomic mass is 16.5. The van der Waals surface area contributed by atoms with Crippen molar-refractivity contribution in [1.29, 1.82) is 0 Å². The van der Waals surface area contributed by atoms with Crippen molar-refractivity contribution in [2.45, 2.75) is 5.41 Å². The van der Waals surface area contributed by atoms with E-state index in [1.165, 1.54) is 22.3 Å². The van der Waals surface area contributed by atoms with Gasteiger partial charge >= 0.3 is 0 Å². The molecule has 60 heavy (non-hydrogen) atoms. The molecule has 0 N–H and O–H groups in total. The Bertz CT molecular complexity index is 3350. The summed E-state index contributed by atoms with van der Waals surface area (Å²) in [5.41, 5.74) is 15.7. The normalized spacial score (nSPS) is 12.9. The van der Waals surface area contributed by atoms with E-state index >= 15 is 0 Å². The van der Waals surface area contributed by atoms with E-state index in [2.05, 4.69) is 113 Å². The molecule has 1 aliphatic heterocycles. The molecule has 2 aliphatic rings. The van der Waals surface area contributed by atoms with E-state index in [4.69, 9.17) is 36.7 Å². The molecule has 0 fully saturated rings. The largest absolute Gasteiger partial charge is 0.457 e. The first-order chi connectivity index (χ1) is 29.6. The molecule has 0 bridgehead atoms. The Morgan fingerprint density at radius 3 is 1.67 bits per heavy atom. The lowest BCUT2D eigenvalue weighted by Crippen LogP contribution is -2.32. The maximum absolute atomic E-state index is 7.46. The van der Waals surface area contributed by atoms with Crippen molar-refractivity contribution in [3.63, 3.8) is 0 Å². The van der Waals surface area contributed by atoms with Gasteiger partial charge in [0.25, 0.3) is 0 Å². The summed E-state index contributed by atoms with van der Waals surface area (Å²) in [7, 11) is 0. The minimum absolute atomic E-state index is 0.421. The molecular formula is C53H28N4O3. The van der Waals surface area contributed by atoms with Crippen molar-refractivity contribution in [1.82, 2.24) is 9.97 Å². The summed E-state index contributed by atoms with van der Waals surface area (Å²) >= 11 is 0. The molecule has 2 aromatic heterocycles. The highest BCUT2D eigenvalue weighted by molar-refractivity contribution is 5.91. The second-order valence-electron chi connectivity index (χ2n) is 15.1. The zero-order valence-electron chi connectivity index (χ0n) is 31.7. The molecule has 0 radical (unpaired) electrons. The Balaban J connectivity index is 0.970. The number of ether oxygens (including phenoxy) is 1. The summed E-state index contributed by atoms with van der Waals surface area (Å²) in [5.74, 6) is 2.59. The van der Waals surface area contributed by atoms with Crippen LogP contribution in [0.5, 0.6) is 11.5 Å². The molecule has 0 unspecified atom stereocenters. The molecule has 7 nitrogen and oxygen atoms in total. The fraction of sp³-hybridized carbons (Fsp3) is 0.0189. The molecule has 0 amide bonds. The van der Waals surface area contributed by atoms with Crippen molar-refractivity contribution in [3.8, 4) is 67.8 Å². The third-order valence-corrected chi connectivity index (χ3v) is 11.8. The van der Waals surface area contributed by atoms with Gasteiger partial charge in [-0.15, -0.1) is 0 Å². The van der Waals surface area contributed by atoms with Gasteiger partial charge in [0.15, 0.2) is 17.0 Å². The SMILES string of the molecule is [C-]#[N+]c1ccc2oc(-c3cc(-c4ccc(-c5ccc6c(c5)-c5ccccc5C65c6ccccc6Oc6ccccc65)cc4)cc(-c4nc5ccc([N+]#[C-])cc5o4)c3)nc2c1. The van der Waals surface area contributed by atoms with E-state index in [9.17, 15) is 0 Å². The number of nitrogens with zero attached hydrogens (tertiary/aromatic N) is 4. The van der Waals surface area contributed by atoms with Crippen LogP contribution in [0.25, 0.3) is 88.2 Å². The van der Waals surface area contributed by atoms with Crippen LogP contribution in [0.2, 0.25) is 0 Å². The second kappa shape index (κ2) is 12.7. The van der Waals surface area contributed by atoms with Gasteiger partial charge in [0, 0.05) is 22.3 Å². The lowest BCUT2D eigenvalue weighted by atomic mass is 9.66. The van der Waals surface area contributed by atoms with Gasteiger partial charge in [-0.3, -0.25) is 0 Å². The molecule has 278 valence electrons. The lowest BCUT2D eigenvalue weighted by molar-refractivity contribution is 0.436. The van der Waals surface area contributed by atoms with Crippen molar-refractivity contribution in [3.05, 3.63) is 215 Å². The van der Waals surface area contributed by atoms with Crippen LogP contribution in [0.15, 0.2) is 179 Å². The van der Waals surface area contributed by atoms with Crippen LogP contribution in [0.1, 0.15) is 22.3 Å². The average molecular weight is 769 g/mol. The summed E-state index contributed by atoms with van der Waals surface area (Å²) in [6.07, 6.45) is 0. The van der Waals surface area contributed by atoms with Gasteiger partial charge < -0.3 is 13.6 Å². The Morgan fingerprint density at radius 2 is 0.950 bits per heavy atom. The minimum Gasteiger partial charge on any atom is -0.457 e. The highest BCUT2D eigenvalue weighted by Crippen LogP contribution is 2.62. The quantitative estimate of drug-likeness (QED) is 0.167. The lowest BCUT2D eigenvalue weighted by Gasteiger charge is -2.39. The smallest absolute Gasteiger partial charge is 0.227 e. The predicted octanol–water partition coefficient (Wildman–Crippen LogP) is 14.2. The topological polar surface area (TPSA) is 70.0 Å². The van der Waals surface area contributed by atoms with E-state index in [1.54, 1.807) is 36.4 Å². The Kier molecular flexibility index (Phi) is 7.14. The Labute approximate surface area is 344 Å². The van der Waals surface area contributed by atoms with E-state index in [-0.39, 0.29) is 0 Å². The molecular weight excluding hydrogens is 741 g/mol. The van der Waals surface area contributed by atoms with E-state index < -0.39 is 5.41 Å². The molecule has 10 aromatic rings. The molecule has 0 saturated heterocycles. The standard InChI is InChI=1S/C53H28N4O3/c1-54-37-21-24-49-46(29-37)57-52(59-49)36-26-34(25-35(27-36)51-56-45-23-20-38(55-2)30-50(45)60-51)32-17-15-31(16-18-32)33-19-22-42-40(28-33)39-9-3-4-10-41(39)53(42)43-11-5-7-13-47(43)58-48-14-8-6-12-44(48)53/h3-30H. The van der Waals surface area contributed by atoms with Crippen LogP contribution in [0, 0.1) is 13.1 Å². The van der Waals surface area contributed by atoms with Crippen LogP contribution in [-0.4, -0.2) is 9.97 Å². The molecule has 12 rings (SSSR count). The average Bonchev–Trinajstić information content (AvgIpc) is 4.02. The van der Waals surface area contributed by atoms with Gasteiger partial charge in [0.2, 0.25) is 11.8 Å². The Morgan fingerprint density at radius 1 is 0.400 bits per heavy atom. The number of benzene rings is 8.